The van der Waals surface area contributed by atoms with Crippen LogP contribution in [0.25, 0.3) is 0 Å². The zero-order valence-corrected chi connectivity index (χ0v) is 17.4. The first-order chi connectivity index (χ1) is 12.5. The van der Waals surface area contributed by atoms with E-state index in [9.17, 15) is 14.4 Å². The molecule has 1 N–H and O–H groups in total. The van der Waals surface area contributed by atoms with Crippen LogP contribution in [0.2, 0.25) is 0 Å². The van der Waals surface area contributed by atoms with E-state index >= 15 is 0 Å². The van der Waals surface area contributed by atoms with Gasteiger partial charge in [0.05, 0.1) is 6.61 Å². The maximum atomic E-state index is 13.3. The van der Waals surface area contributed by atoms with Gasteiger partial charge in [-0.3, -0.25) is 4.79 Å². The van der Waals surface area contributed by atoms with Gasteiger partial charge in [-0.25, -0.2) is 9.59 Å². The zero-order chi connectivity index (χ0) is 20.4. The van der Waals surface area contributed by atoms with E-state index in [1.165, 1.54) is 0 Å². The monoisotopic (exact) mass is 382 g/mol. The van der Waals surface area contributed by atoms with Crippen molar-refractivity contribution < 1.29 is 23.9 Å². The molecule has 2 rings (SSSR count). The average Bonchev–Trinajstić information content (AvgIpc) is 3.10. The number of hydrogen-bond acceptors (Lipinski definition) is 5. The lowest BCUT2D eigenvalue weighted by Gasteiger charge is -2.32. The van der Waals surface area contributed by atoms with Crippen LogP contribution in [0.5, 0.6) is 0 Å². The maximum Gasteiger partial charge on any atom is 0.408 e. The van der Waals surface area contributed by atoms with E-state index in [1.807, 2.05) is 13.8 Å². The fourth-order valence-electron chi connectivity index (χ4n) is 4.19. The molecule has 7 heteroatoms. The van der Waals surface area contributed by atoms with E-state index < -0.39 is 23.8 Å². The number of nitrogens with one attached hydrogen (secondary N) is 1. The lowest BCUT2D eigenvalue weighted by molar-refractivity contribution is -0.155. The lowest BCUT2D eigenvalue weighted by atomic mass is 9.94. The molecule has 7 nitrogen and oxygen atoms in total. The Morgan fingerprint density at radius 1 is 1.19 bits per heavy atom. The molecule has 154 valence electrons. The summed E-state index contributed by atoms with van der Waals surface area (Å²) in [4.78, 5) is 39.7. The molecule has 1 heterocycles. The molecule has 1 unspecified atom stereocenters. The molecule has 2 amide bonds. The molecule has 0 bridgehead atoms. The molecule has 2 fully saturated rings. The second kappa shape index (κ2) is 8.48. The fourth-order valence-corrected chi connectivity index (χ4v) is 4.19. The van der Waals surface area contributed by atoms with Crippen LogP contribution in [0.4, 0.5) is 4.79 Å². The minimum atomic E-state index is -0.740. The van der Waals surface area contributed by atoms with Crippen molar-refractivity contribution in [2.45, 2.75) is 78.5 Å². The summed E-state index contributed by atoms with van der Waals surface area (Å²) in [6.07, 6.45) is 2.42. The summed E-state index contributed by atoms with van der Waals surface area (Å²) in [7, 11) is 0. The molecule has 4 atom stereocenters. The molecular formula is C20H34N2O5. The van der Waals surface area contributed by atoms with Gasteiger partial charge in [0.15, 0.2) is 0 Å². The SMILES string of the molecule is CCOC(=O)[C@@H]1[C@H]2CCC[C@H]2CN1C(=O)C(NC(=O)OC(C)(C)C)C(C)C. The molecule has 0 aromatic rings. The Balaban J connectivity index is 2.17. The van der Waals surface area contributed by atoms with Gasteiger partial charge in [-0.15, -0.1) is 0 Å². The number of alkyl carbamates (subject to hydrolysis) is 1. The Bertz CT molecular complexity index is 569. The quantitative estimate of drug-likeness (QED) is 0.739. The largest absolute Gasteiger partial charge is 0.464 e. The van der Waals surface area contributed by atoms with Crippen molar-refractivity contribution in [1.29, 1.82) is 0 Å². The van der Waals surface area contributed by atoms with Gasteiger partial charge < -0.3 is 19.7 Å². The van der Waals surface area contributed by atoms with Crippen LogP contribution in [-0.2, 0) is 19.1 Å². The summed E-state index contributed by atoms with van der Waals surface area (Å²) in [5.74, 6) is -0.211. The van der Waals surface area contributed by atoms with Gasteiger partial charge in [0.1, 0.15) is 17.7 Å². The van der Waals surface area contributed by atoms with Crippen molar-refractivity contribution in [3.05, 3.63) is 0 Å². The topological polar surface area (TPSA) is 84.9 Å². The Kier molecular flexibility index (Phi) is 6.76. The molecule has 27 heavy (non-hydrogen) atoms. The van der Waals surface area contributed by atoms with Gasteiger partial charge >= 0.3 is 12.1 Å². The summed E-state index contributed by atoms with van der Waals surface area (Å²) in [6.45, 7) is 11.7. The molecule has 0 radical (unpaired) electrons. The predicted molar refractivity (Wildman–Crippen MR) is 101 cm³/mol. The van der Waals surface area contributed by atoms with E-state index in [4.69, 9.17) is 9.47 Å². The minimum Gasteiger partial charge on any atom is -0.464 e. The van der Waals surface area contributed by atoms with Crippen LogP contribution in [0.15, 0.2) is 0 Å². The molecule has 1 aliphatic heterocycles. The molecule has 1 aliphatic carbocycles. The highest BCUT2D eigenvalue weighted by Gasteiger charge is 2.51. The van der Waals surface area contributed by atoms with Crippen LogP contribution >= 0.6 is 0 Å². The number of ether oxygens (including phenoxy) is 2. The summed E-state index contributed by atoms with van der Waals surface area (Å²) in [5.41, 5.74) is -0.646. The summed E-state index contributed by atoms with van der Waals surface area (Å²) in [5, 5.41) is 2.70. The normalized spacial score (nSPS) is 25.9. The maximum absolute atomic E-state index is 13.3. The highest BCUT2D eigenvalue weighted by atomic mass is 16.6. The van der Waals surface area contributed by atoms with Crippen LogP contribution in [0.1, 0.15) is 60.8 Å². The smallest absolute Gasteiger partial charge is 0.408 e. The molecule has 1 saturated heterocycles. The van der Waals surface area contributed by atoms with Crippen LogP contribution in [-0.4, -0.2) is 53.7 Å². The number of rotatable bonds is 5. The van der Waals surface area contributed by atoms with Crippen molar-refractivity contribution in [1.82, 2.24) is 10.2 Å². The van der Waals surface area contributed by atoms with Gasteiger partial charge in [0.2, 0.25) is 5.91 Å². The Morgan fingerprint density at radius 3 is 2.41 bits per heavy atom. The minimum absolute atomic E-state index is 0.131. The number of likely N-dealkylation sites (tertiary alicyclic amines) is 1. The molecule has 0 aromatic carbocycles. The first kappa shape index (κ1) is 21.5. The van der Waals surface area contributed by atoms with E-state index in [2.05, 4.69) is 5.32 Å². The van der Waals surface area contributed by atoms with Crippen molar-refractivity contribution in [2.75, 3.05) is 13.2 Å². The number of carbonyl (C=O) groups is 3. The Hall–Kier alpha value is -1.79. The van der Waals surface area contributed by atoms with Crippen LogP contribution in [0.3, 0.4) is 0 Å². The number of carbonyl (C=O) groups excluding carboxylic acids is 3. The fraction of sp³-hybridized carbons (Fsp3) is 0.850. The van der Waals surface area contributed by atoms with Crippen LogP contribution in [0, 0.1) is 17.8 Å². The van der Waals surface area contributed by atoms with Gasteiger partial charge in [-0.1, -0.05) is 20.3 Å². The van der Waals surface area contributed by atoms with Crippen molar-refractivity contribution in [3.8, 4) is 0 Å². The van der Waals surface area contributed by atoms with E-state index in [0.29, 0.717) is 19.1 Å². The third-order valence-electron chi connectivity index (χ3n) is 5.31. The lowest BCUT2D eigenvalue weighted by Crippen LogP contribution is -2.55. The number of amides is 2. The van der Waals surface area contributed by atoms with Gasteiger partial charge in [-0.05, 0) is 58.3 Å². The average molecular weight is 383 g/mol. The van der Waals surface area contributed by atoms with E-state index in [1.54, 1.807) is 32.6 Å². The van der Waals surface area contributed by atoms with Gasteiger partial charge in [0, 0.05) is 6.54 Å². The van der Waals surface area contributed by atoms with E-state index in [-0.39, 0.29) is 23.7 Å². The molecular weight excluding hydrogens is 348 g/mol. The van der Waals surface area contributed by atoms with Gasteiger partial charge in [-0.2, -0.15) is 0 Å². The number of fused-ring (bicyclic) bond motifs is 1. The highest BCUT2D eigenvalue weighted by Crippen LogP contribution is 2.43. The number of esters is 1. The predicted octanol–water partition coefficient (Wildman–Crippen LogP) is 2.73. The van der Waals surface area contributed by atoms with Crippen molar-refractivity contribution in [2.24, 2.45) is 17.8 Å². The second-order valence-corrected chi connectivity index (χ2v) is 8.91. The standard InChI is InChI=1S/C20H34N2O5/c1-7-26-18(24)16-14-10-8-9-13(14)11-22(16)17(23)15(12(2)3)21-19(25)27-20(4,5)6/h12-16H,7-11H2,1-6H3,(H,21,25)/t13-,14-,15?,16-/m0/s1. The van der Waals surface area contributed by atoms with Crippen molar-refractivity contribution >= 4 is 18.0 Å². The summed E-state index contributed by atoms with van der Waals surface area (Å²) >= 11 is 0. The third kappa shape index (κ3) is 5.14. The van der Waals surface area contributed by atoms with Gasteiger partial charge in [0.25, 0.3) is 0 Å². The Labute approximate surface area is 162 Å². The highest BCUT2D eigenvalue weighted by molar-refractivity contribution is 5.90. The summed E-state index contributed by atoms with van der Waals surface area (Å²) in [6, 6.07) is -1.29. The summed E-state index contributed by atoms with van der Waals surface area (Å²) < 4.78 is 10.6. The first-order valence-corrected chi connectivity index (χ1v) is 10.0. The number of nitrogens with zero attached hydrogens (tertiary/aromatic N) is 1. The number of hydrogen-bond donors (Lipinski definition) is 1. The molecule has 0 spiro atoms. The third-order valence-corrected chi connectivity index (χ3v) is 5.31. The Morgan fingerprint density at radius 2 is 1.85 bits per heavy atom. The van der Waals surface area contributed by atoms with Crippen LogP contribution < -0.4 is 5.32 Å². The van der Waals surface area contributed by atoms with E-state index in [0.717, 1.165) is 19.3 Å². The molecule has 2 aliphatic rings. The zero-order valence-electron chi connectivity index (χ0n) is 17.4. The molecule has 1 saturated carbocycles. The molecule has 0 aromatic heterocycles. The first-order valence-electron chi connectivity index (χ1n) is 10.0. The second-order valence-electron chi connectivity index (χ2n) is 8.91. The van der Waals surface area contributed by atoms with Crippen molar-refractivity contribution in [3.63, 3.8) is 0 Å².